The summed E-state index contributed by atoms with van der Waals surface area (Å²) in [5.41, 5.74) is 1.11. The Hall–Kier alpha value is -2.14. The molecule has 3 rings (SSSR count). The van der Waals surface area contributed by atoms with Gasteiger partial charge in [-0.15, -0.1) is 21.5 Å². The smallest absolute Gasteiger partial charge is 0.267 e. The normalized spacial score (nSPS) is 11.7. The first-order valence-electron chi connectivity index (χ1n) is 7.55. The number of hydrogen-bond donors (Lipinski definition) is 1. The van der Waals surface area contributed by atoms with Crippen LogP contribution >= 0.6 is 22.7 Å². The highest BCUT2D eigenvalue weighted by Crippen LogP contribution is 2.24. The summed E-state index contributed by atoms with van der Waals surface area (Å²) in [7, 11) is -0.661. The van der Waals surface area contributed by atoms with Crippen LogP contribution in [0.2, 0.25) is 0 Å². The summed E-state index contributed by atoms with van der Waals surface area (Å²) < 4.78 is 25.3. The number of carbonyl (C=O) groups is 1. The van der Waals surface area contributed by atoms with Crippen LogP contribution in [0.15, 0.2) is 46.7 Å². The molecule has 3 aromatic rings. The van der Waals surface area contributed by atoms with Crippen LogP contribution in [0.1, 0.15) is 20.2 Å². The van der Waals surface area contributed by atoms with Gasteiger partial charge in [0.1, 0.15) is 5.01 Å². The number of carbonyl (C=O) groups excluding carboxylic acids is 1. The first-order valence-corrected chi connectivity index (χ1v) is 10.7. The third-order valence-corrected chi connectivity index (χ3v) is 7.17. The molecule has 0 saturated carbocycles. The molecule has 0 saturated heterocycles. The largest absolute Gasteiger partial charge is 0.296 e. The van der Waals surface area contributed by atoms with E-state index in [4.69, 9.17) is 0 Å². The molecule has 0 aliphatic rings. The summed E-state index contributed by atoms with van der Waals surface area (Å²) in [5, 5.41) is 13.3. The van der Waals surface area contributed by atoms with Crippen molar-refractivity contribution in [1.82, 2.24) is 14.5 Å². The van der Waals surface area contributed by atoms with Gasteiger partial charge < -0.3 is 0 Å². The van der Waals surface area contributed by atoms with Crippen LogP contribution < -0.4 is 5.32 Å². The maximum atomic E-state index is 12.3. The fraction of sp³-hybridized carbons (Fsp3) is 0.188. The summed E-state index contributed by atoms with van der Waals surface area (Å²) in [4.78, 5) is 12.7. The highest BCUT2D eigenvalue weighted by atomic mass is 32.2. The van der Waals surface area contributed by atoms with Crippen molar-refractivity contribution < 1.29 is 13.2 Å². The summed E-state index contributed by atoms with van der Waals surface area (Å²) in [5.74, 6) is -0.405. The average Bonchev–Trinajstić information content (AvgIpc) is 3.25. The van der Waals surface area contributed by atoms with Gasteiger partial charge in [-0.2, -0.15) is 0 Å². The van der Waals surface area contributed by atoms with Crippen molar-refractivity contribution in [3.05, 3.63) is 57.2 Å². The lowest BCUT2D eigenvalue weighted by molar-refractivity contribution is 0.103. The van der Waals surface area contributed by atoms with Crippen molar-refractivity contribution in [2.24, 2.45) is 0 Å². The van der Waals surface area contributed by atoms with Gasteiger partial charge in [-0.25, -0.2) is 12.7 Å². The van der Waals surface area contributed by atoms with Crippen LogP contribution in [0.25, 0.3) is 0 Å². The summed E-state index contributed by atoms with van der Waals surface area (Å²) in [6.07, 6.45) is 0.638. The predicted molar refractivity (Wildman–Crippen MR) is 102 cm³/mol. The lowest BCUT2D eigenvalue weighted by Crippen LogP contribution is -2.21. The fourth-order valence-electron chi connectivity index (χ4n) is 2.09. The molecule has 136 valence electrons. The molecule has 7 nitrogen and oxygen atoms in total. The Balaban J connectivity index is 1.68. The molecule has 0 fully saturated rings. The minimum atomic E-state index is -3.55. The number of benzene rings is 1. The number of sulfonamides is 1. The van der Waals surface area contributed by atoms with Crippen molar-refractivity contribution in [3.8, 4) is 0 Å². The summed E-state index contributed by atoms with van der Waals surface area (Å²) in [6.45, 7) is 0. The lowest BCUT2D eigenvalue weighted by Gasteiger charge is -2.08. The Kier molecular flexibility index (Phi) is 5.47. The SMILES string of the molecule is CN(C)S(=O)(=O)c1csc(C(=O)Nc2nnc(Cc3ccccc3)s2)c1. The zero-order chi connectivity index (χ0) is 18.7. The third-order valence-electron chi connectivity index (χ3n) is 3.46. The molecule has 0 aliphatic heterocycles. The Morgan fingerprint density at radius 3 is 2.62 bits per heavy atom. The molecule has 1 N–H and O–H groups in total. The van der Waals surface area contributed by atoms with Gasteiger partial charge in [0.25, 0.3) is 5.91 Å². The number of rotatable bonds is 6. The van der Waals surface area contributed by atoms with Crippen LogP contribution in [0, 0.1) is 0 Å². The third kappa shape index (κ3) is 4.15. The molecule has 2 heterocycles. The zero-order valence-corrected chi connectivity index (χ0v) is 16.5. The van der Waals surface area contributed by atoms with Gasteiger partial charge in [0.2, 0.25) is 15.2 Å². The first-order chi connectivity index (χ1) is 12.4. The van der Waals surface area contributed by atoms with E-state index in [1.54, 1.807) is 0 Å². The second-order valence-electron chi connectivity index (χ2n) is 5.55. The maximum absolute atomic E-state index is 12.3. The standard InChI is InChI=1S/C16H16N4O3S3/c1-20(2)26(22,23)12-9-13(24-10-12)15(21)17-16-19-18-14(25-16)8-11-6-4-3-5-7-11/h3-7,9-10H,8H2,1-2H3,(H,17,19,21). The van der Waals surface area contributed by atoms with Crippen molar-refractivity contribution in [2.45, 2.75) is 11.3 Å². The molecular formula is C16H16N4O3S3. The lowest BCUT2D eigenvalue weighted by atomic mass is 10.2. The zero-order valence-electron chi connectivity index (χ0n) is 14.0. The molecule has 0 unspecified atom stereocenters. The molecule has 0 bridgehead atoms. The van der Waals surface area contributed by atoms with Gasteiger partial charge in [-0.3, -0.25) is 10.1 Å². The van der Waals surface area contributed by atoms with Crippen LogP contribution in [-0.2, 0) is 16.4 Å². The van der Waals surface area contributed by atoms with Gasteiger partial charge >= 0.3 is 0 Å². The van der Waals surface area contributed by atoms with Gasteiger partial charge in [0.15, 0.2) is 0 Å². The molecule has 1 amide bonds. The molecule has 0 spiro atoms. The van der Waals surface area contributed by atoms with Crippen molar-refractivity contribution in [2.75, 3.05) is 19.4 Å². The van der Waals surface area contributed by atoms with Crippen LogP contribution in [-0.4, -0.2) is 42.9 Å². The number of aromatic nitrogens is 2. The highest BCUT2D eigenvalue weighted by Gasteiger charge is 2.21. The second kappa shape index (κ2) is 7.62. The predicted octanol–water partition coefficient (Wildman–Crippen LogP) is 2.69. The van der Waals surface area contributed by atoms with E-state index >= 15 is 0 Å². The van der Waals surface area contributed by atoms with Gasteiger partial charge in [0.05, 0.1) is 9.77 Å². The molecule has 0 aliphatic carbocycles. The molecule has 1 aromatic carbocycles. The summed E-state index contributed by atoms with van der Waals surface area (Å²) >= 11 is 2.36. The van der Waals surface area contributed by atoms with E-state index in [1.165, 1.54) is 36.9 Å². The Labute approximate surface area is 159 Å². The number of nitrogens with one attached hydrogen (secondary N) is 1. The fourth-order valence-corrected chi connectivity index (χ4v) is 4.92. The van der Waals surface area contributed by atoms with Gasteiger partial charge in [-0.05, 0) is 11.6 Å². The molecular weight excluding hydrogens is 392 g/mol. The number of thiophene rings is 1. The van der Waals surface area contributed by atoms with Crippen LogP contribution in [0.5, 0.6) is 0 Å². The van der Waals surface area contributed by atoms with Gasteiger partial charge in [-0.1, -0.05) is 41.7 Å². The topological polar surface area (TPSA) is 92.3 Å². The minimum absolute atomic E-state index is 0.0969. The minimum Gasteiger partial charge on any atom is -0.296 e. The Bertz CT molecular complexity index is 1010. The summed E-state index contributed by atoms with van der Waals surface area (Å²) in [6, 6.07) is 11.2. The first kappa shape index (κ1) is 18.6. The molecule has 10 heteroatoms. The number of nitrogens with zero attached hydrogens (tertiary/aromatic N) is 3. The second-order valence-corrected chi connectivity index (χ2v) is 9.68. The molecule has 2 aromatic heterocycles. The van der Waals surface area contributed by atoms with Crippen molar-refractivity contribution in [3.63, 3.8) is 0 Å². The Morgan fingerprint density at radius 1 is 1.19 bits per heavy atom. The van der Waals surface area contributed by atoms with Crippen molar-refractivity contribution in [1.29, 1.82) is 0 Å². The highest BCUT2D eigenvalue weighted by molar-refractivity contribution is 7.89. The van der Waals surface area contributed by atoms with Crippen LogP contribution in [0.3, 0.4) is 0 Å². The van der Waals surface area contributed by atoms with E-state index in [0.29, 0.717) is 16.4 Å². The van der Waals surface area contributed by atoms with E-state index in [0.717, 1.165) is 26.2 Å². The number of hydrogen-bond acceptors (Lipinski definition) is 7. The average molecular weight is 409 g/mol. The van der Waals surface area contributed by atoms with E-state index in [2.05, 4.69) is 15.5 Å². The van der Waals surface area contributed by atoms with E-state index in [9.17, 15) is 13.2 Å². The van der Waals surface area contributed by atoms with E-state index in [-0.39, 0.29) is 4.90 Å². The van der Waals surface area contributed by atoms with Gasteiger partial charge in [0, 0.05) is 25.9 Å². The molecule has 26 heavy (non-hydrogen) atoms. The Morgan fingerprint density at radius 2 is 1.92 bits per heavy atom. The molecule has 0 radical (unpaired) electrons. The van der Waals surface area contributed by atoms with Crippen molar-refractivity contribution >= 4 is 43.7 Å². The monoisotopic (exact) mass is 408 g/mol. The number of anilines is 1. The molecule has 0 atom stereocenters. The maximum Gasteiger partial charge on any atom is 0.267 e. The quantitative estimate of drug-likeness (QED) is 0.677. The van der Waals surface area contributed by atoms with Crippen LogP contribution in [0.4, 0.5) is 5.13 Å². The number of amides is 1. The van der Waals surface area contributed by atoms with E-state index < -0.39 is 15.9 Å². The van der Waals surface area contributed by atoms with E-state index in [1.807, 2.05) is 30.3 Å².